The maximum atomic E-state index is 11.6. The average Bonchev–Trinajstić information content (AvgIpc) is 2.84. The van der Waals surface area contributed by atoms with Crippen LogP contribution in [0.3, 0.4) is 0 Å². The summed E-state index contributed by atoms with van der Waals surface area (Å²) in [4.78, 5) is 26.1. The number of carbonyl (C=O) groups is 2. The van der Waals surface area contributed by atoms with Gasteiger partial charge in [-0.3, -0.25) is 9.59 Å². The Morgan fingerprint density at radius 3 is 2.89 bits per heavy atom. The molecule has 7 heteroatoms. The highest BCUT2D eigenvalue weighted by molar-refractivity contribution is 7.14. The number of hydrogen-bond acceptors (Lipinski definition) is 4. The Balaban J connectivity index is 2.49. The van der Waals surface area contributed by atoms with E-state index in [0.29, 0.717) is 17.8 Å². The van der Waals surface area contributed by atoms with E-state index in [-0.39, 0.29) is 18.6 Å². The molecule has 19 heavy (non-hydrogen) atoms. The topological polar surface area (TPSA) is 103 Å². The first-order chi connectivity index (χ1) is 9.13. The Bertz CT molecular complexity index is 530. The second-order valence-corrected chi connectivity index (χ2v) is 4.78. The molecule has 6 nitrogen and oxygen atoms in total. The minimum atomic E-state index is -0.969. The summed E-state index contributed by atoms with van der Waals surface area (Å²) in [5.74, 6) is -1.12. The molecule has 0 saturated heterocycles. The van der Waals surface area contributed by atoms with Gasteiger partial charge in [0.05, 0.1) is 11.3 Å². The third kappa shape index (κ3) is 5.85. The molecule has 0 aliphatic rings. The molecular weight excluding hydrogens is 266 g/mol. The smallest absolute Gasteiger partial charge is 0.303 e. The van der Waals surface area contributed by atoms with Gasteiger partial charge in [-0.05, 0) is 30.2 Å². The molecule has 1 aromatic rings. The third-order valence-corrected chi connectivity index (χ3v) is 3.30. The molecule has 1 heterocycles. The SMILES string of the molecule is [N-]=[N+]=NCCC=Cc1ccc(C(=O)CCC(=O)O)s1. The number of rotatable bonds is 8. The second-order valence-electron chi connectivity index (χ2n) is 3.66. The second kappa shape index (κ2) is 8.07. The van der Waals surface area contributed by atoms with Crippen molar-refractivity contribution in [3.05, 3.63) is 38.4 Å². The molecule has 0 saturated carbocycles. The van der Waals surface area contributed by atoms with E-state index < -0.39 is 5.97 Å². The number of azide groups is 1. The van der Waals surface area contributed by atoms with Gasteiger partial charge < -0.3 is 5.11 Å². The van der Waals surface area contributed by atoms with Crippen LogP contribution in [0.25, 0.3) is 16.5 Å². The van der Waals surface area contributed by atoms with Crippen LogP contribution in [0.15, 0.2) is 23.3 Å². The molecule has 100 valence electrons. The van der Waals surface area contributed by atoms with Gasteiger partial charge in [-0.1, -0.05) is 11.2 Å². The lowest BCUT2D eigenvalue weighted by Gasteiger charge is -1.93. The zero-order valence-electron chi connectivity index (χ0n) is 10.2. The predicted octanol–water partition coefficient (Wildman–Crippen LogP) is 3.51. The van der Waals surface area contributed by atoms with E-state index >= 15 is 0 Å². The Morgan fingerprint density at radius 1 is 1.42 bits per heavy atom. The van der Waals surface area contributed by atoms with Crippen molar-refractivity contribution in [3.63, 3.8) is 0 Å². The van der Waals surface area contributed by atoms with Gasteiger partial charge in [0.2, 0.25) is 0 Å². The average molecular weight is 279 g/mol. The Labute approximate surface area is 114 Å². The number of carbonyl (C=O) groups excluding carboxylic acids is 1. The van der Waals surface area contributed by atoms with Gasteiger partial charge in [-0.2, -0.15) is 0 Å². The number of hydrogen-bond donors (Lipinski definition) is 1. The van der Waals surface area contributed by atoms with Crippen LogP contribution < -0.4 is 0 Å². The zero-order chi connectivity index (χ0) is 14.1. The van der Waals surface area contributed by atoms with E-state index in [9.17, 15) is 9.59 Å². The van der Waals surface area contributed by atoms with Crippen LogP contribution in [0, 0.1) is 0 Å². The lowest BCUT2D eigenvalue weighted by Crippen LogP contribution is -2.01. The maximum Gasteiger partial charge on any atom is 0.303 e. The highest BCUT2D eigenvalue weighted by Crippen LogP contribution is 2.20. The molecule has 0 unspecified atom stereocenters. The molecule has 0 aliphatic heterocycles. The van der Waals surface area contributed by atoms with Gasteiger partial charge >= 0.3 is 5.97 Å². The monoisotopic (exact) mass is 279 g/mol. The molecule has 0 radical (unpaired) electrons. The number of carboxylic acid groups (broad SMARTS) is 1. The van der Waals surface area contributed by atoms with Crippen LogP contribution in [0.1, 0.15) is 33.8 Å². The summed E-state index contributed by atoms with van der Waals surface area (Å²) < 4.78 is 0. The Kier molecular flexibility index (Phi) is 6.35. The van der Waals surface area contributed by atoms with Crippen molar-refractivity contribution in [2.24, 2.45) is 5.11 Å². The van der Waals surface area contributed by atoms with Gasteiger partial charge in [0.1, 0.15) is 0 Å². The Morgan fingerprint density at radius 2 is 2.21 bits per heavy atom. The summed E-state index contributed by atoms with van der Waals surface area (Å²) in [5, 5.41) is 11.9. The largest absolute Gasteiger partial charge is 0.481 e. The number of nitrogens with zero attached hydrogens (tertiary/aromatic N) is 3. The van der Waals surface area contributed by atoms with Crippen molar-refractivity contribution in [2.75, 3.05) is 6.54 Å². The lowest BCUT2D eigenvalue weighted by molar-refractivity contribution is -0.136. The van der Waals surface area contributed by atoms with Gasteiger partial charge in [-0.15, -0.1) is 11.3 Å². The maximum absolute atomic E-state index is 11.6. The van der Waals surface area contributed by atoms with Crippen molar-refractivity contribution in [2.45, 2.75) is 19.3 Å². The summed E-state index contributed by atoms with van der Waals surface area (Å²) in [6.45, 7) is 0.406. The number of Topliss-reactive ketones (excluding diaryl/α,β-unsaturated/α-hetero) is 1. The number of ketones is 1. The molecule has 1 N–H and O–H groups in total. The van der Waals surface area contributed by atoms with Crippen molar-refractivity contribution >= 4 is 29.2 Å². The standard InChI is InChI=1S/C12H13N3O3S/c13-15-14-8-2-1-3-9-4-6-11(19-9)10(16)5-7-12(17)18/h1,3-4,6H,2,5,7-8H2,(H,17,18). The van der Waals surface area contributed by atoms with E-state index in [4.69, 9.17) is 10.6 Å². The van der Waals surface area contributed by atoms with E-state index in [0.717, 1.165) is 4.88 Å². The van der Waals surface area contributed by atoms with Crippen LogP contribution in [0.2, 0.25) is 0 Å². The summed E-state index contributed by atoms with van der Waals surface area (Å²) in [7, 11) is 0. The zero-order valence-corrected chi connectivity index (χ0v) is 11.0. The van der Waals surface area contributed by atoms with Crippen LogP contribution in [0.4, 0.5) is 0 Å². The van der Waals surface area contributed by atoms with Crippen LogP contribution in [-0.2, 0) is 4.79 Å². The normalized spacial score (nSPS) is 10.3. The molecular formula is C12H13N3O3S. The highest BCUT2D eigenvalue weighted by atomic mass is 32.1. The molecule has 0 spiro atoms. The highest BCUT2D eigenvalue weighted by Gasteiger charge is 2.10. The third-order valence-electron chi connectivity index (χ3n) is 2.21. The quantitative estimate of drug-likeness (QED) is 0.259. The molecule has 1 rings (SSSR count). The number of thiophene rings is 1. The van der Waals surface area contributed by atoms with Gasteiger partial charge in [0, 0.05) is 22.8 Å². The van der Waals surface area contributed by atoms with Gasteiger partial charge in [-0.25, -0.2) is 0 Å². The fourth-order valence-electron chi connectivity index (χ4n) is 1.31. The van der Waals surface area contributed by atoms with Crippen LogP contribution in [0.5, 0.6) is 0 Å². The molecule has 0 atom stereocenters. The summed E-state index contributed by atoms with van der Waals surface area (Å²) in [6, 6.07) is 3.50. The summed E-state index contributed by atoms with van der Waals surface area (Å²) >= 11 is 1.32. The van der Waals surface area contributed by atoms with E-state index in [1.54, 1.807) is 6.07 Å². The molecule has 0 bridgehead atoms. The summed E-state index contributed by atoms with van der Waals surface area (Å²) in [5.41, 5.74) is 8.09. The fourth-order valence-corrected chi connectivity index (χ4v) is 2.22. The predicted molar refractivity (Wildman–Crippen MR) is 73.2 cm³/mol. The van der Waals surface area contributed by atoms with E-state index in [2.05, 4.69) is 10.0 Å². The number of aliphatic carboxylic acids is 1. The molecule has 0 aliphatic carbocycles. The van der Waals surface area contributed by atoms with Crippen molar-refractivity contribution in [1.82, 2.24) is 0 Å². The lowest BCUT2D eigenvalue weighted by atomic mass is 10.2. The first kappa shape index (κ1) is 14.9. The Hall–Kier alpha value is -2.11. The van der Waals surface area contributed by atoms with Crippen LogP contribution in [-0.4, -0.2) is 23.4 Å². The molecule has 0 amide bonds. The van der Waals surface area contributed by atoms with Crippen LogP contribution >= 0.6 is 11.3 Å². The van der Waals surface area contributed by atoms with Crippen molar-refractivity contribution in [1.29, 1.82) is 0 Å². The first-order valence-corrected chi connectivity index (χ1v) is 6.47. The van der Waals surface area contributed by atoms with Gasteiger partial charge in [0.15, 0.2) is 5.78 Å². The number of carboxylic acids is 1. The minimum Gasteiger partial charge on any atom is -0.481 e. The first-order valence-electron chi connectivity index (χ1n) is 5.65. The molecule has 1 aromatic heterocycles. The molecule has 0 aromatic carbocycles. The summed E-state index contributed by atoms with van der Waals surface area (Å²) in [6.07, 6.45) is 4.24. The van der Waals surface area contributed by atoms with Crippen molar-refractivity contribution < 1.29 is 14.7 Å². The fraction of sp³-hybridized carbons (Fsp3) is 0.333. The van der Waals surface area contributed by atoms with E-state index in [1.165, 1.54) is 11.3 Å². The molecule has 0 fully saturated rings. The van der Waals surface area contributed by atoms with Gasteiger partial charge in [0.25, 0.3) is 0 Å². The minimum absolute atomic E-state index is 0.0237. The van der Waals surface area contributed by atoms with Crippen molar-refractivity contribution in [3.8, 4) is 0 Å². The van der Waals surface area contributed by atoms with E-state index in [1.807, 2.05) is 18.2 Å².